The quantitative estimate of drug-likeness (QED) is 0.716. The molecule has 2 heterocycles. The van der Waals surface area contributed by atoms with Crippen LogP contribution < -0.4 is 11.0 Å². The van der Waals surface area contributed by atoms with Crippen molar-refractivity contribution in [1.29, 1.82) is 0 Å². The molecule has 0 saturated heterocycles. The molecule has 0 aliphatic carbocycles. The fraction of sp³-hybridized carbons (Fsp3) is 0.167. The molecule has 0 radical (unpaired) electrons. The largest absolute Gasteiger partial charge is 0.428 e. The van der Waals surface area contributed by atoms with E-state index in [1.54, 1.807) is 16.1 Å². The van der Waals surface area contributed by atoms with E-state index in [-0.39, 0.29) is 0 Å². The smallest absolute Gasteiger partial charge is 0.164 e. The first kappa shape index (κ1) is 15.0. The summed E-state index contributed by atoms with van der Waals surface area (Å²) in [5.41, 5.74) is 9.00. The molecule has 0 bridgehead atoms. The van der Waals surface area contributed by atoms with Gasteiger partial charge in [-0.15, -0.1) is 0 Å². The summed E-state index contributed by atoms with van der Waals surface area (Å²) in [5.74, 6) is 0. The van der Waals surface area contributed by atoms with Crippen molar-refractivity contribution in [2.45, 2.75) is 19.5 Å². The molecule has 6 heteroatoms. The number of hydrogen-bond donors (Lipinski definition) is 2. The number of aryl methyl sites for hydroxylation is 2. The highest BCUT2D eigenvalue weighted by atomic mass is 32.1. The van der Waals surface area contributed by atoms with Crippen LogP contribution in [0.25, 0.3) is 0 Å². The highest BCUT2D eigenvalue weighted by Gasteiger charge is 2.43. The third-order valence-electron chi connectivity index (χ3n) is 4.17. The Bertz CT molecular complexity index is 827. The topological polar surface area (TPSA) is 52.3 Å². The maximum atomic E-state index is 4.94. The second-order valence-corrected chi connectivity index (χ2v) is 6.91. The number of rotatable bonds is 3. The Balaban J connectivity index is 1.87. The molecular weight excluding hydrogens is 318 g/mol. The van der Waals surface area contributed by atoms with Gasteiger partial charge in [0.1, 0.15) is 0 Å². The van der Waals surface area contributed by atoms with Gasteiger partial charge in [-0.3, -0.25) is 0 Å². The fourth-order valence-corrected chi connectivity index (χ4v) is 3.58. The number of nitrogens with zero attached hydrogens (tertiary/aromatic N) is 3. The van der Waals surface area contributed by atoms with Crippen LogP contribution in [0.15, 0.2) is 65.8 Å². The van der Waals surface area contributed by atoms with Crippen LogP contribution in [0.3, 0.4) is 0 Å². The molecule has 5 nitrogen and oxygen atoms in total. The third kappa shape index (κ3) is 2.40. The predicted octanol–water partition coefficient (Wildman–Crippen LogP) is 3.78. The standard InChI is InChI=1S/C18H17N5S/c1-13-14(2)24-17(19-13)23-21-18(20-22-23,15-9-5-3-6-10-15)16-11-7-4-8-12-16/h3-12,21H,1-2H3/p+1. The van der Waals surface area contributed by atoms with Gasteiger partial charge in [0.25, 0.3) is 0 Å². The first-order valence-electron chi connectivity index (χ1n) is 7.80. The lowest BCUT2D eigenvalue weighted by molar-refractivity contribution is -0.565. The van der Waals surface area contributed by atoms with E-state index >= 15 is 0 Å². The van der Waals surface area contributed by atoms with Crippen LogP contribution in [0.4, 0.5) is 5.13 Å². The summed E-state index contributed by atoms with van der Waals surface area (Å²) in [7, 11) is 0. The molecule has 0 unspecified atom stereocenters. The lowest BCUT2D eigenvalue weighted by Crippen LogP contribution is -2.44. The van der Waals surface area contributed by atoms with Crippen LogP contribution >= 0.6 is 11.3 Å². The van der Waals surface area contributed by atoms with Crippen molar-refractivity contribution >= 4 is 16.5 Å². The molecular formula is C18H18N5S+. The Morgan fingerprint density at radius 3 is 2.00 bits per heavy atom. The van der Waals surface area contributed by atoms with Crippen LogP contribution in [-0.2, 0) is 5.66 Å². The molecule has 1 aliphatic heterocycles. The van der Waals surface area contributed by atoms with Crippen molar-refractivity contribution in [3.05, 3.63) is 82.4 Å². The zero-order valence-electron chi connectivity index (χ0n) is 13.5. The summed E-state index contributed by atoms with van der Waals surface area (Å²) in [4.78, 5) is 7.51. The van der Waals surface area contributed by atoms with E-state index in [0.717, 1.165) is 22.0 Å². The monoisotopic (exact) mass is 336 g/mol. The van der Waals surface area contributed by atoms with E-state index in [1.165, 1.54) is 4.88 Å². The van der Waals surface area contributed by atoms with Gasteiger partial charge in [0, 0.05) is 18.1 Å². The van der Waals surface area contributed by atoms with E-state index in [0.29, 0.717) is 0 Å². The number of thiazole rings is 1. The zero-order chi connectivity index (χ0) is 16.6. The molecule has 0 saturated carbocycles. The maximum absolute atomic E-state index is 4.94. The van der Waals surface area contributed by atoms with Crippen molar-refractivity contribution in [1.82, 2.24) is 15.9 Å². The maximum Gasteiger partial charge on any atom is 0.428 e. The van der Waals surface area contributed by atoms with Crippen molar-refractivity contribution < 1.29 is 4.81 Å². The number of hydrazine groups is 2. The summed E-state index contributed by atoms with van der Waals surface area (Å²) in [6.45, 7) is 4.09. The minimum atomic E-state index is -0.685. The average molecular weight is 336 g/mol. The van der Waals surface area contributed by atoms with Crippen molar-refractivity contribution in [2.24, 2.45) is 5.11 Å². The second kappa shape index (κ2) is 5.81. The molecule has 4 rings (SSSR count). The van der Waals surface area contributed by atoms with E-state index in [2.05, 4.69) is 47.1 Å². The van der Waals surface area contributed by atoms with E-state index < -0.39 is 5.66 Å². The number of azo groups is 1. The molecule has 0 atom stereocenters. The number of benzene rings is 2. The second-order valence-electron chi connectivity index (χ2n) is 5.73. The molecule has 2 N–H and O–H groups in total. The third-order valence-corrected chi connectivity index (χ3v) is 5.22. The number of nitrogens with one attached hydrogen (secondary N) is 2. The Morgan fingerprint density at radius 1 is 0.917 bits per heavy atom. The molecule has 3 aromatic rings. The summed E-state index contributed by atoms with van der Waals surface area (Å²) >= 11 is 1.62. The molecule has 1 aliphatic rings. The Kier molecular flexibility index (Phi) is 3.63. The van der Waals surface area contributed by atoms with Gasteiger partial charge >= 0.3 is 5.13 Å². The van der Waals surface area contributed by atoms with Crippen molar-refractivity contribution in [2.75, 3.05) is 0 Å². The van der Waals surface area contributed by atoms with Gasteiger partial charge in [-0.1, -0.05) is 65.8 Å². The van der Waals surface area contributed by atoms with Crippen molar-refractivity contribution in [3.8, 4) is 0 Å². The molecule has 2 aromatic carbocycles. The highest BCUT2D eigenvalue weighted by Crippen LogP contribution is 2.35. The first-order valence-corrected chi connectivity index (χ1v) is 8.61. The summed E-state index contributed by atoms with van der Waals surface area (Å²) in [5, 5.41) is 5.77. The van der Waals surface area contributed by atoms with Crippen LogP contribution in [0.5, 0.6) is 0 Å². The molecule has 0 fully saturated rings. The van der Waals surface area contributed by atoms with Gasteiger partial charge < -0.3 is 0 Å². The van der Waals surface area contributed by atoms with Crippen LogP contribution in [-0.4, -0.2) is 9.79 Å². The van der Waals surface area contributed by atoms with Gasteiger partial charge in [-0.2, -0.15) is 11.0 Å². The summed E-state index contributed by atoms with van der Waals surface area (Å²) in [6.07, 6.45) is 0. The molecule has 24 heavy (non-hydrogen) atoms. The Morgan fingerprint density at radius 2 is 1.50 bits per heavy atom. The van der Waals surface area contributed by atoms with Gasteiger partial charge in [0.05, 0.1) is 4.88 Å². The minimum Gasteiger partial charge on any atom is -0.164 e. The number of aromatic nitrogens is 1. The van der Waals surface area contributed by atoms with Crippen molar-refractivity contribution in [3.63, 3.8) is 0 Å². The molecule has 120 valence electrons. The number of hydrogen-bond acceptors (Lipinski definition) is 5. The van der Waals surface area contributed by atoms with Gasteiger partial charge in [0.2, 0.25) is 5.66 Å². The summed E-state index contributed by atoms with van der Waals surface area (Å²) in [6, 6.07) is 20.4. The zero-order valence-corrected chi connectivity index (χ0v) is 14.3. The summed E-state index contributed by atoms with van der Waals surface area (Å²) < 4.78 is 0. The lowest BCUT2D eigenvalue weighted by atomic mass is 9.93. The van der Waals surface area contributed by atoms with Crippen LogP contribution in [0.2, 0.25) is 0 Å². The van der Waals surface area contributed by atoms with E-state index in [1.807, 2.05) is 43.3 Å². The average Bonchev–Trinajstić information content (AvgIpc) is 3.22. The molecule has 0 spiro atoms. The van der Waals surface area contributed by atoms with E-state index in [9.17, 15) is 0 Å². The SMILES string of the molecule is Cc1nc([N+]2=NC(c3ccccc3)(c3ccccc3)NN2)sc1C. The Labute approximate surface area is 144 Å². The van der Waals surface area contributed by atoms with Gasteiger partial charge in [-0.05, 0) is 28.1 Å². The van der Waals surface area contributed by atoms with E-state index in [4.69, 9.17) is 5.11 Å². The van der Waals surface area contributed by atoms with Crippen LogP contribution in [0.1, 0.15) is 21.7 Å². The fourth-order valence-electron chi connectivity index (χ4n) is 2.76. The normalized spacial score (nSPS) is 15.8. The molecule has 0 amide bonds. The first-order chi connectivity index (χ1) is 11.7. The minimum absolute atomic E-state index is 0.685. The molecule has 1 aromatic heterocycles. The predicted molar refractivity (Wildman–Crippen MR) is 93.9 cm³/mol. The highest BCUT2D eigenvalue weighted by molar-refractivity contribution is 7.14. The van der Waals surface area contributed by atoms with Gasteiger partial charge in [-0.25, -0.2) is 0 Å². The van der Waals surface area contributed by atoms with Gasteiger partial charge in [0.15, 0.2) is 5.69 Å². The van der Waals surface area contributed by atoms with Crippen LogP contribution in [0, 0.1) is 13.8 Å². The lowest BCUT2D eigenvalue weighted by Gasteiger charge is -2.23. The Hall–Kier alpha value is -2.57.